The zero-order valence-electron chi connectivity index (χ0n) is 6.18. The molecule has 2 heterocycles. The second kappa shape index (κ2) is 3.35. The van der Waals surface area contributed by atoms with Gasteiger partial charge in [-0.3, -0.25) is 4.79 Å². The molecule has 2 rings (SSSR count). The number of ketones is 1. The molecule has 2 saturated heterocycles. The van der Waals surface area contributed by atoms with Crippen LogP contribution in [-0.4, -0.2) is 30.3 Å². The van der Waals surface area contributed by atoms with Crippen molar-refractivity contribution < 1.29 is 4.79 Å². The Bertz CT molecular complexity index is 156. The zero-order valence-corrected chi connectivity index (χ0v) is 6.18. The van der Waals surface area contributed by atoms with Gasteiger partial charge in [0.15, 0.2) is 0 Å². The molecule has 0 spiro atoms. The molecule has 2 aliphatic rings. The third-order valence-electron chi connectivity index (χ3n) is 2.64. The molecule has 0 amide bonds. The monoisotopic (exact) mass is 155 g/mol. The summed E-state index contributed by atoms with van der Waals surface area (Å²) in [4.78, 5) is 13.6. The lowest BCUT2D eigenvalue weighted by atomic mass is 9.88. The van der Waals surface area contributed by atoms with E-state index in [2.05, 4.69) is 4.90 Å². The predicted molar refractivity (Wildman–Crippen MR) is 45.5 cm³/mol. The van der Waals surface area contributed by atoms with Crippen molar-refractivity contribution in [1.82, 2.24) is 4.90 Å². The van der Waals surface area contributed by atoms with Crippen LogP contribution in [0.4, 0.5) is 0 Å². The minimum absolute atomic E-state index is 0. The van der Waals surface area contributed by atoms with Crippen LogP contribution in [0, 0.1) is 5.92 Å². The first-order valence-electron chi connectivity index (χ1n) is 4.11. The molecule has 0 saturated carbocycles. The largest absolute Gasteiger partial charge is 0.302 e. The molecular weight excluding hydrogens is 138 g/mol. The normalized spacial score (nSPS) is 36.2. The van der Waals surface area contributed by atoms with Gasteiger partial charge in [0.1, 0.15) is 5.78 Å². The number of piperidine rings is 2. The summed E-state index contributed by atoms with van der Waals surface area (Å²) in [5.74, 6) is 0.915. The summed E-state index contributed by atoms with van der Waals surface area (Å²) in [6, 6.07) is 0. The van der Waals surface area contributed by atoms with E-state index < -0.39 is 0 Å². The quantitative estimate of drug-likeness (QED) is 0.525. The van der Waals surface area contributed by atoms with Crippen LogP contribution in [0.15, 0.2) is 0 Å². The van der Waals surface area contributed by atoms with Gasteiger partial charge in [-0.1, -0.05) is 7.43 Å². The molecule has 0 N–H and O–H groups in total. The van der Waals surface area contributed by atoms with Gasteiger partial charge in [-0.2, -0.15) is 0 Å². The maximum absolute atomic E-state index is 11.2. The van der Waals surface area contributed by atoms with Crippen LogP contribution in [-0.2, 0) is 4.79 Å². The van der Waals surface area contributed by atoms with E-state index >= 15 is 0 Å². The number of Topliss-reactive ketones (excluding diaryl/α,β-unsaturated/α-hetero) is 1. The van der Waals surface area contributed by atoms with Gasteiger partial charge in [0.25, 0.3) is 0 Å². The first kappa shape index (κ1) is 8.72. The van der Waals surface area contributed by atoms with Gasteiger partial charge in [0.05, 0.1) is 0 Å². The van der Waals surface area contributed by atoms with Crippen molar-refractivity contribution in [3.8, 4) is 0 Å². The van der Waals surface area contributed by atoms with E-state index in [1.165, 1.54) is 13.0 Å². The minimum Gasteiger partial charge on any atom is -0.302 e. The van der Waals surface area contributed by atoms with Gasteiger partial charge < -0.3 is 4.90 Å². The molecule has 0 aromatic heterocycles. The van der Waals surface area contributed by atoms with Crippen molar-refractivity contribution in [1.29, 1.82) is 0 Å². The summed E-state index contributed by atoms with van der Waals surface area (Å²) in [6.07, 6.45) is 3.19. The van der Waals surface area contributed by atoms with Crippen LogP contribution in [0.1, 0.15) is 26.7 Å². The SMILES string of the molecule is C.O=C1CCN2CCCC1C2. The Morgan fingerprint density at radius 2 is 2.18 bits per heavy atom. The number of hydrogen-bond donors (Lipinski definition) is 0. The molecule has 2 atom stereocenters. The van der Waals surface area contributed by atoms with Gasteiger partial charge in [-0.25, -0.2) is 0 Å². The highest BCUT2D eigenvalue weighted by Gasteiger charge is 2.29. The smallest absolute Gasteiger partial charge is 0.138 e. The molecule has 11 heavy (non-hydrogen) atoms. The molecule has 64 valence electrons. The number of hydrogen-bond acceptors (Lipinski definition) is 2. The number of carbonyl (C=O) groups is 1. The van der Waals surface area contributed by atoms with E-state index in [9.17, 15) is 4.79 Å². The fourth-order valence-electron chi connectivity index (χ4n) is 1.99. The van der Waals surface area contributed by atoms with Crippen molar-refractivity contribution in [2.75, 3.05) is 19.6 Å². The highest BCUT2D eigenvalue weighted by molar-refractivity contribution is 5.82. The van der Waals surface area contributed by atoms with Crippen molar-refractivity contribution in [3.05, 3.63) is 0 Å². The lowest BCUT2D eigenvalue weighted by Crippen LogP contribution is -2.44. The van der Waals surface area contributed by atoms with E-state index in [-0.39, 0.29) is 7.43 Å². The maximum Gasteiger partial charge on any atom is 0.138 e. The van der Waals surface area contributed by atoms with Crippen LogP contribution >= 0.6 is 0 Å². The Kier molecular flexibility index (Phi) is 2.66. The molecule has 2 bridgehead atoms. The summed E-state index contributed by atoms with van der Waals surface area (Å²) in [7, 11) is 0. The highest BCUT2D eigenvalue weighted by Crippen LogP contribution is 2.22. The molecule has 2 nitrogen and oxygen atoms in total. The van der Waals surface area contributed by atoms with Gasteiger partial charge in [-0.15, -0.1) is 0 Å². The Balaban J connectivity index is 0.000000605. The van der Waals surface area contributed by atoms with Crippen molar-refractivity contribution in [2.45, 2.75) is 26.7 Å². The predicted octanol–water partition coefficient (Wildman–Crippen LogP) is 1.31. The number of rotatable bonds is 0. The van der Waals surface area contributed by atoms with Gasteiger partial charge >= 0.3 is 0 Å². The summed E-state index contributed by atoms with van der Waals surface area (Å²) >= 11 is 0. The molecule has 2 unspecified atom stereocenters. The fraction of sp³-hybridized carbons (Fsp3) is 0.889. The first-order chi connectivity index (χ1) is 4.86. The molecule has 0 aliphatic carbocycles. The van der Waals surface area contributed by atoms with Crippen molar-refractivity contribution in [3.63, 3.8) is 0 Å². The molecule has 2 fully saturated rings. The zero-order chi connectivity index (χ0) is 6.97. The van der Waals surface area contributed by atoms with Gasteiger partial charge in [-0.05, 0) is 19.4 Å². The average molecular weight is 155 g/mol. The third kappa shape index (κ3) is 1.62. The highest BCUT2D eigenvalue weighted by atomic mass is 16.1. The summed E-state index contributed by atoms with van der Waals surface area (Å²) in [5.41, 5.74) is 0. The van der Waals surface area contributed by atoms with Crippen LogP contribution in [0.3, 0.4) is 0 Å². The molecule has 0 aromatic rings. The summed E-state index contributed by atoms with van der Waals surface area (Å²) in [5, 5.41) is 0. The fourth-order valence-corrected chi connectivity index (χ4v) is 1.99. The Morgan fingerprint density at radius 1 is 1.36 bits per heavy atom. The average Bonchev–Trinajstić information content (AvgIpc) is 1.99. The van der Waals surface area contributed by atoms with E-state index in [4.69, 9.17) is 0 Å². The Morgan fingerprint density at radius 3 is 2.91 bits per heavy atom. The molecule has 2 heteroatoms. The summed E-state index contributed by atoms with van der Waals surface area (Å²) < 4.78 is 0. The van der Waals surface area contributed by atoms with Crippen LogP contribution in [0.25, 0.3) is 0 Å². The maximum atomic E-state index is 11.2. The van der Waals surface area contributed by atoms with Crippen molar-refractivity contribution >= 4 is 5.78 Å². The van der Waals surface area contributed by atoms with Gasteiger partial charge in [0, 0.05) is 25.4 Å². The van der Waals surface area contributed by atoms with Crippen LogP contribution in [0.2, 0.25) is 0 Å². The van der Waals surface area contributed by atoms with Crippen LogP contribution in [0.5, 0.6) is 0 Å². The van der Waals surface area contributed by atoms with Crippen LogP contribution < -0.4 is 0 Å². The number of nitrogens with zero attached hydrogens (tertiary/aromatic N) is 1. The topological polar surface area (TPSA) is 20.3 Å². The molecular formula is C9H17NO. The van der Waals surface area contributed by atoms with E-state index in [0.717, 1.165) is 25.9 Å². The lowest BCUT2D eigenvalue weighted by Gasteiger charge is -2.36. The minimum atomic E-state index is 0. The molecule has 0 aromatic carbocycles. The van der Waals surface area contributed by atoms with Gasteiger partial charge in [0.2, 0.25) is 0 Å². The lowest BCUT2D eigenvalue weighted by molar-refractivity contribution is -0.127. The number of fused-ring (bicyclic) bond motifs is 2. The second-order valence-electron chi connectivity index (χ2n) is 3.36. The third-order valence-corrected chi connectivity index (χ3v) is 2.64. The Hall–Kier alpha value is -0.370. The Labute approximate surface area is 68.6 Å². The summed E-state index contributed by atoms with van der Waals surface area (Å²) in [6.45, 7) is 3.30. The van der Waals surface area contributed by atoms with E-state index in [1.54, 1.807) is 0 Å². The van der Waals surface area contributed by atoms with E-state index in [1.807, 2.05) is 0 Å². The van der Waals surface area contributed by atoms with E-state index in [0.29, 0.717) is 11.7 Å². The standard InChI is InChI=1S/C8H13NO.CH4/c10-8-3-5-9-4-1-2-7(8)6-9;/h7H,1-6H2;1H4. The second-order valence-corrected chi connectivity index (χ2v) is 3.36. The number of carbonyl (C=O) groups excluding carboxylic acids is 1. The van der Waals surface area contributed by atoms with Crippen molar-refractivity contribution in [2.24, 2.45) is 5.92 Å². The molecule has 2 aliphatic heterocycles. The molecule has 0 radical (unpaired) electrons. The first-order valence-corrected chi connectivity index (χ1v) is 4.11.